The monoisotopic (exact) mass is 298 g/mol. The molecule has 1 atom stereocenters. The summed E-state index contributed by atoms with van der Waals surface area (Å²) in [5.74, 6) is 3.56. The number of hydrazine groups is 1. The maximum atomic E-state index is 13.5. The number of nitrogens with one attached hydrogen (secondary N) is 2. The van der Waals surface area contributed by atoms with Crippen molar-refractivity contribution in [3.63, 3.8) is 0 Å². The van der Waals surface area contributed by atoms with Gasteiger partial charge in [-0.05, 0) is 18.9 Å². The van der Waals surface area contributed by atoms with Gasteiger partial charge in [0.2, 0.25) is 0 Å². The predicted molar refractivity (Wildman–Crippen MR) is 72.2 cm³/mol. The Kier molecular flexibility index (Phi) is 4.66. The number of ether oxygens (including phenoxy) is 1. The van der Waals surface area contributed by atoms with Crippen LogP contribution in [0.15, 0.2) is 12.1 Å². The van der Waals surface area contributed by atoms with E-state index in [-0.39, 0.29) is 17.3 Å². The van der Waals surface area contributed by atoms with E-state index in [1.165, 1.54) is 0 Å². The molecule has 1 unspecified atom stereocenters. The molecule has 1 aliphatic heterocycles. The zero-order valence-corrected chi connectivity index (χ0v) is 11.1. The van der Waals surface area contributed by atoms with Crippen LogP contribution >= 0.6 is 0 Å². The number of nitrogen functional groups attached to an aromatic ring is 1. The number of nitrogens with zero attached hydrogens (tertiary/aromatic N) is 1. The van der Waals surface area contributed by atoms with E-state index in [1.54, 1.807) is 0 Å². The molecule has 21 heavy (non-hydrogen) atoms. The Labute approximate surface area is 119 Å². The Bertz CT molecular complexity index is 560. The van der Waals surface area contributed by atoms with Gasteiger partial charge >= 0.3 is 0 Å². The quantitative estimate of drug-likeness (QED) is 0.432. The van der Waals surface area contributed by atoms with Gasteiger partial charge in [-0.1, -0.05) is 0 Å². The zero-order valence-electron chi connectivity index (χ0n) is 11.1. The molecule has 0 bridgehead atoms. The van der Waals surface area contributed by atoms with Crippen LogP contribution in [0.5, 0.6) is 0 Å². The van der Waals surface area contributed by atoms with Crippen molar-refractivity contribution in [2.75, 3.05) is 18.6 Å². The first-order chi connectivity index (χ1) is 10.0. The summed E-state index contributed by atoms with van der Waals surface area (Å²) in [7, 11) is 0. The van der Waals surface area contributed by atoms with Gasteiger partial charge in [0.05, 0.1) is 29.3 Å². The predicted octanol–water partition coefficient (Wildman–Crippen LogP) is 0.928. The molecule has 0 aromatic heterocycles. The minimum atomic E-state index is -0.901. The lowest BCUT2D eigenvalue weighted by Crippen LogP contribution is -2.40. The number of nitro groups is 1. The summed E-state index contributed by atoms with van der Waals surface area (Å²) < 4.78 is 18.7. The van der Waals surface area contributed by atoms with E-state index >= 15 is 0 Å². The van der Waals surface area contributed by atoms with E-state index in [0.29, 0.717) is 19.3 Å². The maximum absolute atomic E-state index is 13.5. The van der Waals surface area contributed by atoms with Crippen molar-refractivity contribution in [2.45, 2.75) is 18.9 Å². The molecule has 1 amide bonds. The molecule has 0 radical (unpaired) electrons. The summed E-state index contributed by atoms with van der Waals surface area (Å²) in [5, 5.41) is 13.6. The van der Waals surface area contributed by atoms with Crippen molar-refractivity contribution in [2.24, 2.45) is 5.84 Å². The number of hydrogen-bond acceptors (Lipinski definition) is 6. The highest BCUT2D eigenvalue weighted by atomic mass is 19.1. The highest BCUT2D eigenvalue weighted by molar-refractivity contribution is 5.99. The van der Waals surface area contributed by atoms with Crippen LogP contribution in [0.25, 0.3) is 0 Å². The van der Waals surface area contributed by atoms with Crippen LogP contribution in [0, 0.1) is 15.9 Å². The van der Waals surface area contributed by atoms with Crippen LogP contribution in [-0.4, -0.2) is 30.1 Å². The van der Waals surface area contributed by atoms with Crippen molar-refractivity contribution in [3.8, 4) is 0 Å². The van der Waals surface area contributed by atoms with E-state index in [1.807, 2.05) is 0 Å². The highest BCUT2D eigenvalue weighted by Gasteiger charge is 2.26. The number of hydrogen-bond donors (Lipinski definition) is 3. The molecule has 1 aromatic rings. The molecule has 1 fully saturated rings. The first-order valence-corrected chi connectivity index (χ1v) is 6.36. The minimum absolute atomic E-state index is 0.189. The van der Waals surface area contributed by atoms with Crippen molar-refractivity contribution in [1.29, 1.82) is 0 Å². The molecule has 8 nitrogen and oxygen atoms in total. The molecule has 0 aliphatic carbocycles. The molecule has 0 spiro atoms. The van der Waals surface area contributed by atoms with Gasteiger partial charge in [0, 0.05) is 6.61 Å². The smallest absolute Gasteiger partial charge is 0.285 e. The van der Waals surface area contributed by atoms with Crippen LogP contribution in [0.1, 0.15) is 23.2 Å². The number of carbonyl (C=O) groups excluding carboxylic acids is 1. The molecular formula is C12H15FN4O4. The fourth-order valence-electron chi connectivity index (χ4n) is 2.12. The highest BCUT2D eigenvalue weighted by Crippen LogP contribution is 2.26. The van der Waals surface area contributed by atoms with Gasteiger partial charge in [-0.25, -0.2) is 4.39 Å². The summed E-state index contributed by atoms with van der Waals surface area (Å²) in [6.07, 6.45) is 1.52. The van der Waals surface area contributed by atoms with Gasteiger partial charge in [-0.3, -0.25) is 20.8 Å². The third kappa shape index (κ3) is 3.44. The van der Waals surface area contributed by atoms with E-state index in [2.05, 4.69) is 10.7 Å². The van der Waals surface area contributed by atoms with Gasteiger partial charge in [-0.2, -0.15) is 0 Å². The van der Waals surface area contributed by atoms with Crippen LogP contribution in [0.2, 0.25) is 0 Å². The molecular weight excluding hydrogens is 283 g/mol. The Morgan fingerprint density at radius 2 is 2.29 bits per heavy atom. The lowest BCUT2D eigenvalue weighted by atomic mass is 10.1. The fraction of sp³-hybridized carbons (Fsp3) is 0.417. The number of benzene rings is 1. The Morgan fingerprint density at radius 3 is 2.86 bits per heavy atom. The van der Waals surface area contributed by atoms with Crippen LogP contribution < -0.4 is 16.6 Å². The summed E-state index contributed by atoms with van der Waals surface area (Å²) in [6.45, 7) is 0.979. The standard InChI is InChI=1S/C12H15FN4O4/c13-9-5-11(17(19)20)8(4-10(9)16-14)12(18)15-7-2-1-3-21-6-7/h4-5,7,16H,1-3,6,14H2,(H,15,18). The SMILES string of the molecule is NNc1cc(C(=O)NC2CCCOC2)c([N+](=O)[O-])cc1F. The van der Waals surface area contributed by atoms with E-state index < -0.39 is 22.3 Å². The van der Waals surface area contributed by atoms with Gasteiger partial charge < -0.3 is 15.5 Å². The number of amides is 1. The molecule has 4 N–H and O–H groups in total. The minimum Gasteiger partial charge on any atom is -0.379 e. The summed E-state index contributed by atoms with van der Waals surface area (Å²) in [5.41, 5.74) is 1.01. The number of carbonyl (C=O) groups is 1. The molecule has 2 rings (SSSR count). The average molecular weight is 298 g/mol. The number of nitro benzene ring substituents is 1. The summed E-state index contributed by atoms with van der Waals surface area (Å²) >= 11 is 0. The number of halogens is 1. The largest absolute Gasteiger partial charge is 0.379 e. The normalized spacial score (nSPS) is 18.1. The number of rotatable bonds is 4. The van der Waals surface area contributed by atoms with E-state index in [9.17, 15) is 19.3 Å². The second-order valence-electron chi connectivity index (χ2n) is 4.64. The van der Waals surface area contributed by atoms with Gasteiger partial charge in [0.15, 0.2) is 5.82 Å². The first kappa shape index (κ1) is 15.1. The lowest BCUT2D eigenvalue weighted by molar-refractivity contribution is -0.385. The average Bonchev–Trinajstić information content (AvgIpc) is 2.47. The molecule has 1 aromatic carbocycles. The zero-order chi connectivity index (χ0) is 15.4. The van der Waals surface area contributed by atoms with E-state index in [0.717, 1.165) is 18.9 Å². The van der Waals surface area contributed by atoms with Gasteiger partial charge in [0.25, 0.3) is 11.6 Å². The summed E-state index contributed by atoms with van der Waals surface area (Å²) in [6, 6.07) is 1.47. The molecule has 114 valence electrons. The Balaban J connectivity index is 2.27. The van der Waals surface area contributed by atoms with Crippen LogP contribution in [-0.2, 0) is 4.74 Å². The third-order valence-corrected chi connectivity index (χ3v) is 3.18. The molecule has 1 aliphatic rings. The van der Waals surface area contributed by atoms with E-state index in [4.69, 9.17) is 10.6 Å². The molecule has 0 saturated carbocycles. The Morgan fingerprint density at radius 1 is 1.52 bits per heavy atom. The topological polar surface area (TPSA) is 120 Å². The first-order valence-electron chi connectivity index (χ1n) is 6.36. The fourth-order valence-corrected chi connectivity index (χ4v) is 2.12. The summed E-state index contributed by atoms with van der Waals surface area (Å²) in [4.78, 5) is 22.3. The van der Waals surface area contributed by atoms with Crippen molar-refractivity contribution in [1.82, 2.24) is 5.32 Å². The number of nitrogens with two attached hydrogens (primary N) is 1. The Hall–Kier alpha value is -2.26. The maximum Gasteiger partial charge on any atom is 0.285 e. The van der Waals surface area contributed by atoms with Crippen molar-refractivity contribution >= 4 is 17.3 Å². The van der Waals surface area contributed by atoms with Crippen LogP contribution in [0.4, 0.5) is 15.8 Å². The van der Waals surface area contributed by atoms with Crippen molar-refractivity contribution in [3.05, 3.63) is 33.6 Å². The second-order valence-corrected chi connectivity index (χ2v) is 4.64. The third-order valence-electron chi connectivity index (χ3n) is 3.18. The molecule has 9 heteroatoms. The molecule has 1 heterocycles. The lowest BCUT2D eigenvalue weighted by Gasteiger charge is -2.23. The number of anilines is 1. The van der Waals surface area contributed by atoms with Gasteiger partial charge in [0.1, 0.15) is 5.56 Å². The van der Waals surface area contributed by atoms with Crippen molar-refractivity contribution < 1.29 is 18.8 Å². The van der Waals surface area contributed by atoms with Gasteiger partial charge in [-0.15, -0.1) is 0 Å². The second kappa shape index (κ2) is 6.46. The molecule has 1 saturated heterocycles. The van der Waals surface area contributed by atoms with Crippen LogP contribution in [0.3, 0.4) is 0 Å².